The predicted octanol–water partition coefficient (Wildman–Crippen LogP) is 2.72. The number of aromatic carboxylic acids is 1. The van der Waals surface area contributed by atoms with E-state index in [1.165, 1.54) is 6.07 Å². The molecule has 0 bridgehead atoms. The summed E-state index contributed by atoms with van der Waals surface area (Å²) in [6.07, 6.45) is 0. The van der Waals surface area contributed by atoms with Crippen molar-refractivity contribution in [2.75, 3.05) is 17.9 Å². The average molecular weight is 414 g/mol. The van der Waals surface area contributed by atoms with Crippen molar-refractivity contribution in [2.24, 2.45) is 0 Å². The third-order valence-corrected chi connectivity index (χ3v) is 5.14. The Morgan fingerprint density at radius 3 is 2.46 bits per heavy atom. The maximum atomic E-state index is 12.5. The fraction of sp³-hybridized carbons (Fsp3) is 0.133. The van der Waals surface area contributed by atoms with Gasteiger partial charge in [0.05, 0.1) is 4.90 Å². The van der Waals surface area contributed by atoms with Gasteiger partial charge in [-0.1, -0.05) is 15.9 Å². The van der Waals surface area contributed by atoms with Crippen LogP contribution in [0.1, 0.15) is 10.4 Å². The predicted molar refractivity (Wildman–Crippen MR) is 89.3 cm³/mol. The number of carboxylic acid groups (broad SMARTS) is 1. The molecule has 9 heteroatoms. The largest absolute Gasteiger partial charge is 0.486 e. The molecule has 126 valence electrons. The second-order valence-corrected chi connectivity index (χ2v) is 7.51. The van der Waals surface area contributed by atoms with E-state index in [-0.39, 0.29) is 35.2 Å². The summed E-state index contributed by atoms with van der Waals surface area (Å²) in [6.45, 7) is 0.423. The van der Waals surface area contributed by atoms with Crippen LogP contribution in [0.5, 0.6) is 11.5 Å². The molecule has 1 aliphatic rings. The number of rotatable bonds is 4. The number of fused-ring (bicyclic) bond motifs is 1. The monoisotopic (exact) mass is 413 g/mol. The number of halogens is 1. The zero-order valence-corrected chi connectivity index (χ0v) is 14.6. The minimum atomic E-state index is -3.98. The Morgan fingerprint density at radius 1 is 1.12 bits per heavy atom. The molecule has 24 heavy (non-hydrogen) atoms. The molecule has 0 aromatic heterocycles. The van der Waals surface area contributed by atoms with Gasteiger partial charge in [0.2, 0.25) is 0 Å². The summed E-state index contributed by atoms with van der Waals surface area (Å²) >= 11 is 3.26. The Balaban J connectivity index is 2.02. The van der Waals surface area contributed by atoms with Crippen LogP contribution in [0.4, 0.5) is 5.69 Å². The number of nitrogens with one attached hydrogen (secondary N) is 1. The highest BCUT2D eigenvalue weighted by molar-refractivity contribution is 9.10. The van der Waals surface area contributed by atoms with Gasteiger partial charge >= 0.3 is 5.97 Å². The number of hydrogen-bond acceptors (Lipinski definition) is 5. The number of hydrogen-bond donors (Lipinski definition) is 2. The summed E-state index contributed by atoms with van der Waals surface area (Å²) in [7, 11) is -3.98. The van der Waals surface area contributed by atoms with Gasteiger partial charge in [-0.25, -0.2) is 13.2 Å². The van der Waals surface area contributed by atoms with E-state index in [1.54, 1.807) is 24.3 Å². The van der Waals surface area contributed by atoms with E-state index in [9.17, 15) is 18.3 Å². The lowest BCUT2D eigenvalue weighted by molar-refractivity contribution is 0.0685. The van der Waals surface area contributed by atoms with E-state index in [2.05, 4.69) is 20.7 Å². The van der Waals surface area contributed by atoms with E-state index in [0.29, 0.717) is 5.69 Å². The first-order valence-electron chi connectivity index (χ1n) is 6.82. The van der Waals surface area contributed by atoms with Gasteiger partial charge in [-0.15, -0.1) is 0 Å². The zero-order chi connectivity index (χ0) is 17.3. The highest BCUT2D eigenvalue weighted by Gasteiger charge is 2.26. The molecule has 0 amide bonds. The van der Waals surface area contributed by atoms with Crippen molar-refractivity contribution in [1.29, 1.82) is 0 Å². The number of ether oxygens (including phenoxy) is 2. The molecule has 7 nitrogen and oxygen atoms in total. The van der Waals surface area contributed by atoms with Crippen LogP contribution >= 0.6 is 15.9 Å². The topological polar surface area (TPSA) is 102 Å². The third kappa shape index (κ3) is 3.31. The maximum Gasteiger partial charge on any atom is 0.339 e. The molecule has 2 N–H and O–H groups in total. The first-order chi connectivity index (χ1) is 11.4. The van der Waals surface area contributed by atoms with Crippen LogP contribution in [0.25, 0.3) is 0 Å². The highest BCUT2D eigenvalue weighted by Crippen LogP contribution is 2.37. The van der Waals surface area contributed by atoms with Gasteiger partial charge in [-0.3, -0.25) is 4.72 Å². The van der Waals surface area contributed by atoms with Gasteiger partial charge in [0, 0.05) is 16.2 Å². The molecule has 1 heterocycles. The lowest BCUT2D eigenvalue weighted by Crippen LogP contribution is -2.20. The van der Waals surface area contributed by atoms with Gasteiger partial charge in [-0.2, -0.15) is 0 Å². The smallest absolute Gasteiger partial charge is 0.339 e. The number of carboxylic acids is 1. The van der Waals surface area contributed by atoms with Gasteiger partial charge in [-0.05, 0) is 30.3 Å². The number of benzene rings is 2. The van der Waals surface area contributed by atoms with Crippen LogP contribution in [0.3, 0.4) is 0 Å². The van der Waals surface area contributed by atoms with Gasteiger partial charge in [0.15, 0.2) is 11.5 Å². The molecule has 0 saturated heterocycles. The molecule has 0 unspecified atom stereocenters. The first kappa shape index (κ1) is 16.6. The van der Waals surface area contributed by atoms with Crippen molar-refractivity contribution in [3.8, 4) is 11.5 Å². The summed E-state index contributed by atoms with van der Waals surface area (Å²) < 4.78 is 38.9. The van der Waals surface area contributed by atoms with Crippen LogP contribution in [0.15, 0.2) is 45.8 Å². The first-order valence-corrected chi connectivity index (χ1v) is 9.10. The van der Waals surface area contributed by atoms with Crippen LogP contribution in [-0.2, 0) is 10.0 Å². The molecular formula is C15H12BrNO6S. The lowest BCUT2D eigenvalue weighted by Gasteiger charge is -2.21. The third-order valence-electron chi connectivity index (χ3n) is 3.25. The van der Waals surface area contributed by atoms with Gasteiger partial charge in [0.25, 0.3) is 10.0 Å². The Morgan fingerprint density at radius 2 is 1.79 bits per heavy atom. The molecule has 0 aliphatic carbocycles. The SMILES string of the molecule is O=C(O)c1cc(S(=O)(=O)Nc2ccc(Br)cc2)cc2c1OCCO2. The second kappa shape index (κ2) is 6.33. The Bertz CT molecular complexity index is 895. The summed E-state index contributed by atoms with van der Waals surface area (Å²) in [6, 6.07) is 8.84. The fourth-order valence-corrected chi connectivity index (χ4v) is 3.54. The molecule has 0 radical (unpaired) electrons. The molecule has 3 rings (SSSR count). The highest BCUT2D eigenvalue weighted by atomic mass is 79.9. The molecule has 1 aliphatic heterocycles. The number of anilines is 1. The number of carbonyl (C=O) groups is 1. The fourth-order valence-electron chi connectivity index (χ4n) is 2.17. The Kier molecular flexibility index (Phi) is 4.37. The molecular weight excluding hydrogens is 402 g/mol. The van der Waals surface area contributed by atoms with Crippen LogP contribution in [0, 0.1) is 0 Å². The van der Waals surface area contributed by atoms with Crippen molar-refractivity contribution in [3.63, 3.8) is 0 Å². The maximum absolute atomic E-state index is 12.5. The van der Waals surface area contributed by atoms with Crippen molar-refractivity contribution in [1.82, 2.24) is 0 Å². The summed E-state index contributed by atoms with van der Waals surface area (Å²) in [4.78, 5) is 11.2. The standard InChI is InChI=1S/C15H12BrNO6S/c16-9-1-3-10(4-2-9)17-24(20,21)11-7-12(15(18)19)14-13(8-11)22-5-6-23-14/h1-4,7-8,17H,5-6H2,(H,18,19). The Hall–Kier alpha value is -2.26. The van der Waals surface area contributed by atoms with E-state index < -0.39 is 16.0 Å². The quantitative estimate of drug-likeness (QED) is 0.798. The van der Waals surface area contributed by atoms with Crippen molar-refractivity contribution in [3.05, 3.63) is 46.4 Å². The van der Waals surface area contributed by atoms with Gasteiger partial charge < -0.3 is 14.6 Å². The molecule has 2 aromatic carbocycles. The Labute approximate surface area is 146 Å². The molecule has 2 aromatic rings. The summed E-state index contributed by atoms with van der Waals surface area (Å²) in [5.41, 5.74) is 0.0911. The summed E-state index contributed by atoms with van der Waals surface area (Å²) in [5, 5.41) is 9.30. The average Bonchev–Trinajstić information content (AvgIpc) is 2.55. The zero-order valence-electron chi connectivity index (χ0n) is 12.2. The van der Waals surface area contributed by atoms with Crippen LogP contribution < -0.4 is 14.2 Å². The van der Waals surface area contributed by atoms with E-state index >= 15 is 0 Å². The molecule has 0 fully saturated rings. The minimum Gasteiger partial charge on any atom is -0.486 e. The minimum absolute atomic E-state index is 0.0383. The van der Waals surface area contributed by atoms with Crippen LogP contribution in [0.2, 0.25) is 0 Å². The number of sulfonamides is 1. The summed E-state index contributed by atoms with van der Waals surface area (Å²) in [5.74, 6) is -1.16. The van der Waals surface area contributed by atoms with Crippen molar-refractivity contribution < 1.29 is 27.8 Å². The van der Waals surface area contributed by atoms with Crippen LogP contribution in [-0.4, -0.2) is 32.7 Å². The molecule has 0 spiro atoms. The van der Waals surface area contributed by atoms with E-state index in [0.717, 1.165) is 10.5 Å². The molecule has 0 atom stereocenters. The van der Waals surface area contributed by atoms with Gasteiger partial charge in [0.1, 0.15) is 18.8 Å². The van der Waals surface area contributed by atoms with Crippen molar-refractivity contribution in [2.45, 2.75) is 4.90 Å². The normalized spacial score (nSPS) is 13.4. The molecule has 0 saturated carbocycles. The second-order valence-electron chi connectivity index (χ2n) is 4.91. The van der Waals surface area contributed by atoms with E-state index in [4.69, 9.17) is 9.47 Å². The lowest BCUT2D eigenvalue weighted by atomic mass is 10.2. The van der Waals surface area contributed by atoms with E-state index in [1.807, 2.05) is 0 Å². The van der Waals surface area contributed by atoms with Crippen molar-refractivity contribution >= 4 is 37.6 Å².